The van der Waals surface area contributed by atoms with E-state index in [1.807, 2.05) is 13.8 Å². The molecule has 0 aliphatic carbocycles. The number of nitrogens with one attached hydrogen (secondary N) is 2. The van der Waals surface area contributed by atoms with Gasteiger partial charge in [0.05, 0.1) is 5.69 Å². The highest BCUT2D eigenvalue weighted by Gasteiger charge is 2.04. The lowest BCUT2D eigenvalue weighted by molar-refractivity contribution is 0.808. The van der Waals surface area contributed by atoms with E-state index in [-0.39, 0.29) is 11.5 Å². The third-order valence-electron chi connectivity index (χ3n) is 2.93. The van der Waals surface area contributed by atoms with E-state index in [0.717, 1.165) is 11.3 Å². The molecule has 0 atom stereocenters. The fourth-order valence-electron chi connectivity index (χ4n) is 1.75. The molecule has 2 aromatic rings. The van der Waals surface area contributed by atoms with Crippen molar-refractivity contribution in [1.29, 1.82) is 0 Å². The number of aromatic amines is 1. The average molecular weight is 257 g/mol. The minimum Gasteiger partial charge on any atom is -0.352 e. The summed E-state index contributed by atoms with van der Waals surface area (Å²) in [4.78, 5) is 18.6. The molecule has 0 unspecified atom stereocenters. The first-order valence-electron chi connectivity index (χ1n) is 6.45. The molecular weight excluding hydrogens is 238 g/mol. The molecule has 1 aromatic heterocycles. The second-order valence-electron chi connectivity index (χ2n) is 5.01. The van der Waals surface area contributed by atoms with Gasteiger partial charge in [-0.15, -0.1) is 0 Å². The molecule has 19 heavy (non-hydrogen) atoms. The Morgan fingerprint density at radius 2 is 1.95 bits per heavy atom. The number of hydrogen-bond donors (Lipinski definition) is 2. The van der Waals surface area contributed by atoms with E-state index in [1.54, 1.807) is 6.07 Å². The van der Waals surface area contributed by atoms with Crippen LogP contribution in [0.2, 0.25) is 0 Å². The van der Waals surface area contributed by atoms with Crippen LogP contribution in [0.3, 0.4) is 0 Å². The van der Waals surface area contributed by atoms with E-state index in [9.17, 15) is 4.79 Å². The van der Waals surface area contributed by atoms with Crippen molar-refractivity contribution in [1.82, 2.24) is 9.97 Å². The monoisotopic (exact) mass is 257 g/mol. The van der Waals surface area contributed by atoms with Gasteiger partial charge in [0, 0.05) is 12.6 Å². The van der Waals surface area contributed by atoms with Crippen molar-refractivity contribution in [3.8, 4) is 0 Å². The first kappa shape index (κ1) is 13.3. The number of aromatic nitrogens is 2. The lowest BCUT2D eigenvalue weighted by atomic mass is 10.1. The summed E-state index contributed by atoms with van der Waals surface area (Å²) in [6.45, 7) is 6.74. The van der Waals surface area contributed by atoms with Gasteiger partial charge in [0.15, 0.2) is 0 Å². The Bertz CT molecular complexity index is 600. The number of nitrogens with zero attached hydrogens (tertiary/aromatic N) is 1. The van der Waals surface area contributed by atoms with Crippen molar-refractivity contribution in [2.24, 2.45) is 0 Å². The molecule has 2 N–H and O–H groups in total. The van der Waals surface area contributed by atoms with Gasteiger partial charge < -0.3 is 5.32 Å². The van der Waals surface area contributed by atoms with E-state index in [4.69, 9.17) is 0 Å². The maximum Gasteiger partial charge on any atom is 0.252 e. The maximum atomic E-state index is 11.5. The van der Waals surface area contributed by atoms with Gasteiger partial charge in [-0.3, -0.25) is 9.78 Å². The van der Waals surface area contributed by atoms with Crippen molar-refractivity contribution in [3.63, 3.8) is 0 Å². The zero-order chi connectivity index (χ0) is 13.8. The molecule has 100 valence electrons. The largest absolute Gasteiger partial charge is 0.352 e. The Morgan fingerprint density at radius 1 is 1.26 bits per heavy atom. The number of hydrogen-bond acceptors (Lipinski definition) is 3. The number of aryl methyl sites for hydroxylation is 1. The Hall–Kier alpha value is -2.10. The molecule has 0 fully saturated rings. The third-order valence-corrected chi connectivity index (χ3v) is 2.93. The van der Waals surface area contributed by atoms with Crippen molar-refractivity contribution in [2.45, 2.75) is 33.2 Å². The fourth-order valence-corrected chi connectivity index (χ4v) is 1.75. The van der Waals surface area contributed by atoms with Crippen LogP contribution in [0.1, 0.15) is 36.6 Å². The van der Waals surface area contributed by atoms with E-state index in [2.05, 4.69) is 46.5 Å². The van der Waals surface area contributed by atoms with Crippen molar-refractivity contribution < 1.29 is 0 Å². The van der Waals surface area contributed by atoms with Gasteiger partial charge in [0.1, 0.15) is 0 Å². The SMILES string of the molecule is Cc1ccc(CNc2nc(C(C)C)cc(=O)[nH]2)cc1. The lowest BCUT2D eigenvalue weighted by Crippen LogP contribution is -2.14. The van der Waals surface area contributed by atoms with E-state index in [1.165, 1.54) is 5.56 Å². The molecule has 4 heteroatoms. The van der Waals surface area contributed by atoms with Gasteiger partial charge in [-0.1, -0.05) is 43.7 Å². The molecule has 0 saturated heterocycles. The van der Waals surface area contributed by atoms with Crippen LogP contribution in [0.25, 0.3) is 0 Å². The minimum atomic E-state index is -0.120. The molecule has 0 bridgehead atoms. The number of rotatable bonds is 4. The van der Waals surface area contributed by atoms with Crippen LogP contribution in [-0.2, 0) is 6.54 Å². The average Bonchev–Trinajstić information content (AvgIpc) is 2.37. The van der Waals surface area contributed by atoms with Crippen LogP contribution < -0.4 is 10.9 Å². The summed E-state index contributed by atoms with van der Waals surface area (Å²) in [6, 6.07) is 9.80. The molecule has 0 aliphatic rings. The molecular formula is C15H19N3O. The smallest absolute Gasteiger partial charge is 0.252 e. The Balaban J connectivity index is 2.11. The summed E-state index contributed by atoms with van der Waals surface area (Å²) in [5.74, 6) is 0.763. The molecule has 0 spiro atoms. The molecule has 0 aliphatic heterocycles. The van der Waals surface area contributed by atoms with Gasteiger partial charge in [0.25, 0.3) is 5.56 Å². The van der Waals surface area contributed by atoms with Crippen molar-refractivity contribution in [2.75, 3.05) is 5.32 Å². The van der Waals surface area contributed by atoms with Crippen LogP contribution >= 0.6 is 0 Å². The first-order valence-corrected chi connectivity index (χ1v) is 6.45. The van der Waals surface area contributed by atoms with Gasteiger partial charge in [-0.2, -0.15) is 0 Å². The highest BCUT2D eigenvalue weighted by molar-refractivity contribution is 5.30. The molecule has 1 heterocycles. The first-order chi connectivity index (χ1) is 9.04. The normalized spacial score (nSPS) is 10.7. The minimum absolute atomic E-state index is 0.120. The van der Waals surface area contributed by atoms with E-state index in [0.29, 0.717) is 12.5 Å². The summed E-state index contributed by atoms with van der Waals surface area (Å²) in [6.07, 6.45) is 0. The second kappa shape index (κ2) is 5.69. The summed E-state index contributed by atoms with van der Waals surface area (Å²) < 4.78 is 0. The standard InChI is InChI=1S/C15H19N3O/c1-10(2)13-8-14(19)18-15(17-13)16-9-12-6-4-11(3)5-7-12/h4-8,10H,9H2,1-3H3,(H2,16,17,18,19). The second-order valence-corrected chi connectivity index (χ2v) is 5.01. The predicted octanol–water partition coefficient (Wildman–Crippen LogP) is 2.81. The third kappa shape index (κ3) is 3.68. The fraction of sp³-hybridized carbons (Fsp3) is 0.333. The van der Waals surface area contributed by atoms with Gasteiger partial charge in [-0.25, -0.2) is 4.98 Å². The van der Waals surface area contributed by atoms with Gasteiger partial charge in [-0.05, 0) is 18.4 Å². The number of benzene rings is 1. The molecule has 4 nitrogen and oxygen atoms in total. The Kier molecular flexibility index (Phi) is 4.00. The number of H-pyrrole nitrogens is 1. The topological polar surface area (TPSA) is 57.8 Å². The highest BCUT2D eigenvalue weighted by atomic mass is 16.1. The maximum absolute atomic E-state index is 11.5. The lowest BCUT2D eigenvalue weighted by Gasteiger charge is -2.09. The Labute approximate surface area is 112 Å². The zero-order valence-corrected chi connectivity index (χ0v) is 11.5. The Morgan fingerprint density at radius 3 is 2.58 bits per heavy atom. The van der Waals surface area contributed by atoms with Crippen molar-refractivity contribution >= 4 is 5.95 Å². The van der Waals surface area contributed by atoms with Crippen LogP contribution in [0.5, 0.6) is 0 Å². The summed E-state index contributed by atoms with van der Waals surface area (Å²) in [5.41, 5.74) is 3.07. The van der Waals surface area contributed by atoms with E-state index < -0.39 is 0 Å². The number of anilines is 1. The molecule has 0 saturated carbocycles. The van der Waals surface area contributed by atoms with Crippen LogP contribution in [0, 0.1) is 6.92 Å². The summed E-state index contributed by atoms with van der Waals surface area (Å²) in [7, 11) is 0. The zero-order valence-electron chi connectivity index (χ0n) is 11.5. The summed E-state index contributed by atoms with van der Waals surface area (Å²) >= 11 is 0. The summed E-state index contributed by atoms with van der Waals surface area (Å²) in [5, 5.41) is 3.15. The quantitative estimate of drug-likeness (QED) is 0.885. The predicted molar refractivity (Wildman–Crippen MR) is 77.5 cm³/mol. The van der Waals surface area contributed by atoms with Crippen LogP contribution in [-0.4, -0.2) is 9.97 Å². The van der Waals surface area contributed by atoms with Crippen molar-refractivity contribution in [3.05, 3.63) is 57.5 Å². The van der Waals surface area contributed by atoms with Crippen LogP contribution in [0.15, 0.2) is 35.1 Å². The van der Waals surface area contributed by atoms with Gasteiger partial charge in [0.2, 0.25) is 5.95 Å². The van der Waals surface area contributed by atoms with Gasteiger partial charge >= 0.3 is 0 Å². The molecule has 0 amide bonds. The molecule has 2 rings (SSSR count). The van der Waals surface area contributed by atoms with E-state index >= 15 is 0 Å². The van der Waals surface area contributed by atoms with Crippen LogP contribution in [0.4, 0.5) is 5.95 Å². The molecule has 1 aromatic carbocycles. The molecule has 0 radical (unpaired) electrons. The highest BCUT2D eigenvalue weighted by Crippen LogP contribution is 2.11.